The zero-order valence-electron chi connectivity index (χ0n) is 14.7. The molecule has 0 aliphatic rings. The first kappa shape index (κ1) is 18.3. The van der Waals surface area contributed by atoms with E-state index < -0.39 is 0 Å². The third-order valence-electron chi connectivity index (χ3n) is 3.96. The quantitative estimate of drug-likeness (QED) is 0.451. The van der Waals surface area contributed by atoms with Gasteiger partial charge in [-0.1, -0.05) is 6.07 Å². The Morgan fingerprint density at radius 1 is 1.11 bits per heavy atom. The lowest BCUT2D eigenvalue weighted by molar-refractivity contribution is -0.121. The van der Waals surface area contributed by atoms with Crippen molar-refractivity contribution in [2.24, 2.45) is 0 Å². The third-order valence-corrected chi connectivity index (χ3v) is 5.75. The number of nitrogens with one attached hydrogen (secondary N) is 2. The van der Waals surface area contributed by atoms with Crippen LogP contribution in [-0.2, 0) is 11.3 Å². The number of hydrogen-bond donors (Lipinski definition) is 2. The summed E-state index contributed by atoms with van der Waals surface area (Å²) in [5.41, 5.74) is 0.662. The fourth-order valence-electron chi connectivity index (χ4n) is 2.67. The smallest absolute Gasteiger partial charge is 0.263 e. The molecule has 142 valence electrons. The molecule has 4 rings (SSSR count). The summed E-state index contributed by atoms with van der Waals surface area (Å²) in [7, 11) is 0. The van der Waals surface area contributed by atoms with Crippen molar-refractivity contribution >= 4 is 44.7 Å². The van der Waals surface area contributed by atoms with Crippen molar-refractivity contribution < 1.29 is 4.79 Å². The Morgan fingerprint density at radius 3 is 2.75 bits per heavy atom. The Labute approximate surface area is 167 Å². The van der Waals surface area contributed by atoms with Crippen LogP contribution in [0.1, 0.15) is 0 Å². The fourth-order valence-corrected chi connectivity index (χ4v) is 4.39. The van der Waals surface area contributed by atoms with Crippen LogP contribution in [0.25, 0.3) is 20.7 Å². The Hall–Kier alpha value is -3.11. The number of fused-ring (bicyclic) bond motifs is 1. The molecule has 0 atom stereocenters. The molecule has 0 saturated carbocycles. The van der Waals surface area contributed by atoms with Crippen LogP contribution < -0.4 is 16.2 Å². The van der Waals surface area contributed by atoms with E-state index in [1.54, 1.807) is 29.8 Å². The van der Waals surface area contributed by atoms with Crippen LogP contribution in [0.15, 0.2) is 52.5 Å². The van der Waals surface area contributed by atoms with E-state index in [-0.39, 0.29) is 18.0 Å². The van der Waals surface area contributed by atoms with Crippen LogP contribution >= 0.6 is 22.7 Å². The first-order chi connectivity index (χ1) is 13.7. The maximum absolute atomic E-state index is 12.9. The zero-order chi connectivity index (χ0) is 19.3. The van der Waals surface area contributed by atoms with Gasteiger partial charge in [0, 0.05) is 41.3 Å². The maximum atomic E-state index is 12.9. The molecule has 0 fully saturated rings. The maximum Gasteiger partial charge on any atom is 0.263 e. The van der Waals surface area contributed by atoms with Gasteiger partial charge >= 0.3 is 0 Å². The summed E-state index contributed by atoms with van der Waals surface area (Å²) in [5, 5.41) is 10.2. The van der Waals surface area contributed by atoms with Crippen LogP contribution in [0.3, 0.4) is 0 Å². The lowest BCUT2D eigenvalue weighted by Crippen LogP contribution is -2.35. The van der Waals surface area contributed by atoms with Gasteiger partial charge in [-0.25, -0.2) is 15.0 Å². The van der Waals surface area contributed by atoms with Crippen molar-refractivity contribution in [1.29, 1.82) is 0 Å². The highest BCUT2D eigenvalue weighted by atomic mass is 32.1. The van der Waals surface area contributed by atoms with Gasteiger partial charge in [-0.3, -0.25) is 14.2 Å². The minimum Gasteiger partial charge on any atom is -0.353 e. The minimum absolute atomic E-state index is 0.0800. The van der Waals surface area contributed by atoms with Crippen molar-refractivity contribution in [1.82, 2.24) is 24.8 Å². The second-order valence-electron chi connectivity index (χ2n) is 5.83. The zero-order valence-corrected chi connectivity index (χ0v) is 16.3. The molecule has 4 aromatic heterocycles. The van der Waals surface area contributed by atoms with Crippen molar-refractivity contribution in [3.05, 3.63) is 58.0 Å². The van der Waals surface area contributed by atoms with E-state index in [0.717, 1.165) is 10.4 Å². The van der Waals surface area contributed by atoms with E-state index in [0.29, 0.717) is 29.3 Å². The highest BCUT2D eigenvalue weighted by Gasteiger charge is 2.15. The summed E-state index contributed by atoms with van der Waals surface area (Å²) in [6.07, 6.45) is 4.70. The number of anilines is 1. The van der Waals surface area contributed by atoms with Gasteiger partial charge < -0.3 is 10.6 Å². The van der Waals surface area contributed by atoms with Gasteiger partial charge in [0.1, 0.15) is 11.4 Å². The monoisotopic (exact) mass is 412 g/mol. The van der Waals surface area contributed by atoms with Gasteiger partial charge in [0.2, 0.25) is 11.9 Å². The molecule has 8 nitrogen and oxygen atoms in total. The molecule has 4 aromatic rings. The summed E-state index contributed by atoms with van der Waals surface area (Å²) in [4.78, 5) is 39.2. The molecular weight excluding hydrogens is 396 g/mol. The lowest BCUT2D eigenvalue weighted by Gasteiger charge is -2.08. The summed E-state index contributed by atoms with van der Waals surface area (Å²) in [6.45, 7) is 0.790. The van der Waals surface area contributed by atoms with E-state index in [1.807, 2.05) is 22.9 Å². The number of carbonyl (C=O) groups excluding carboxylic acids is 1. The minimum atomic E-state index is -0.257. The second kappa shape index (κ2) is 8.28. The van der Waals surface area contributed by atoms with E-state index in [1.165, 1.54) is 22.2 Å². The first-order valence-corrected chi connectivity index (χ1v) is 10.3. The number of aromatic nitrogens is 4. The van der Waals surface area contributed by atoms with Gasteiger partial charge in [-0.15, -0.1) is 22.7 Å². The number of thiophene rings is 2. The third kappa shape index (κ3) is 3.92. The molecule has 0 aromatic carbocycles. The first-order valence-electron chi connectivity index (χ1n) is 8.50. The van der Waals surface area contributed by atoms with Gasteiger partial charge in [-0.05, 0) is 17.5 Å². The Kier molecular flexibility index (Phi) is 5.40. The molecule has 0 saturated heterocycles. The molecule has 10 heteroatoms. The Morgan fingerprint density at radius 2 is 1.96 bits per heavy atom. The fraction of sp³-hybridized carbons (Fsp3) is 0.167. The molecule has 4 heterocycles. The summed E-state index contributed by atoms with van der Waals surface area (Å²) in [6, 6.07) is 5.65. The summed E-state index contributed by atoms with van der Waals surface area (Å²) < 4.78 is 1.34. The molecule has 2 N–H and O–H groups in total. The largest absolute Gasteiger partial charge is 0.353 e. The van der Waals surface area contributed by atoms with Crippen LogP contribution in [0.5, 0.6) is 0 Å². The van der Waals surface area contributed by atoms with E-state index in [9.17, 15) is 9.59 Å². The molecule has 1 amide bonds. The Balaban J connectivity index is 1.41. The molecular formula is C18H16N6O2S2. The standard InChI is InChI=1S/C18H16N6O2S2/c25-14(19-6-7-22-18-20-4-2-5-21-18)9-24-11-23-16-15(17(24)26)12(10-28-16)13-3-1-8-27-13/h1-5,8,10-11H,6-7,9H2,(H,19,25)(H,20,21,22). The van der Waals surface area contributed by atoms with Crippen molar-refractivity contribution in [2.75, 3.05) is 18.4 Å². The van der Waals surface area contributed by atoms with E-state index >= 15 is 0 Å². The molecule has 0 spiro atoms. The molecule has 0 aliphatic carbocycles. The average molecular weight is 413 g/mol. The average Bonchev–Trinajstić information content (AvgIpc) is 3.38. The van der Waals surface area contributed by atoms with Crippen LogP contribution in [0, 0.1) is 0 Å². The molecule has 0 aliphatic heterocycles. The van der Waals surface area contributed by atoms with E-state index in [2.05, 4.69) is 25.6 Å². The molecule has 28 heavy (non-hydrogen) atoms. The van der Waals surface area contributed by atoms with Gasteiger partial charge in [0.05, 0.1) is 11.7 Å². The van der Waals surface area contributed by atoms with Gasteiger partial charge in [0.15, 0.2) is 0 Å². The number of amides is 1. The van der Waals surface area contributed by atoms with E-state index in [4.69, 9.17) is 0 Å². The molecule has 0 radical (unpaired) electrons. The predicted molar refractivity (Wildman–Crippen MR) is 111 cm³/mol. The van der Waals surface area contributed by atoms with Crippen LogP contribution in [0.2, 0.25) is 0 Å². The Bertz CT molecular complexity index is 1140. The van der Waals surface area contributed by atoms with Crippen LogP contribution in [-0.4, -0.2) is 38.5 Å². The number of hydrogen-bond acceptors (Lipinski definition) is 8. The van der Waals surface area contributed by atoms with Gasteiger partial charge in [-0.2, -0.15) is 0 Å². The number of rotatable bonds is 7. The van der Waals surface area contributed by atoms with Gasteiger partial charge in [0.25, 0.3) is 5.56 Å². The SMILES string of the molecule is O=C(Cn1cnc2scc(-c3cccs3)c2c1=O)NCCNc1ncccn1. The lowest BCUT2D eigenvalue weighted by atomic mass is 10.2. The summed E-state index contributed by atoms with van der Waals surface area (Å²) >= 11 is 3.00. The van der Waals surface area contributed by atoms with Crippen molar-refractivity contribution in [2.45, 2.75) is 6.54 Å². The molecule has 0 unspecified atom stereocenters. The van der Waals surface area contributed by atoms with Crippen molar-refractivity contribution in [3.8, 4) is 10.4 Å². The van der Waals surface area contributed by atoms with Crippen molar-refractivity contribution in [3.63, 3.8) is 0 Å². The number of carbonyl (C=O) groups is 1. The topological polar surface area (TPSA) is 102 Å². The normalized spacial score (nSPS) is 10.9. The highest BCUT2D eigenvalue weighted by Crippen LogP contribution is 2.33. The highest BCUT2D eigenvalue weighted by molar-refractivity contribution is 7.18. The second-order valence-corrected chi connectivity index (χ2v) is 7.64. The predicted octanol–water partition coefficient (Wildman–Crippen LogP) is 2.20. The summed E-state index contributed by atoms with van der Waals surface area (Å²) in [5.74, 6) is 0.244. The number of nitrogens with zero attached hydrogens (tertiary/aromatic N) is 4. The molecule has 0 bridgehead atoms. The van der Waals surface area contributed by atoms with Crippen LogP contribution in [0.4, 0.5) is 5.95 Å².